The van der Waals surface area contributed by atoms with Gasteiger partial charge in [-0.15, -0.1) is 0 Å². The number of rotatable bonds is 8. The van der Waals surface area contributed by atoms with Crippen molar-refractivity contribution in [1.82, 2.24) is 10.2 Å². The standard InChI is InChI=1S/C17H24N2O4/c1-2-3-10-23-15-7-5-4-6-13(15)12-19-9-8-18-17(22)14(19)11-16(20)21/h4-7,14H,2-3,8-12H2,1H3,(H,18,22)(H,20,21). The number of hydrogen-bond acceptors (Lipinski definition) is 4. The molecule has 1 unspecified atom stereocenters. The van der Waals surface area contributed by atoms with Crippen LogP contribution >= 0.6 is 0 Å². The molecule has 0 saturated carbocycles. The van der Waals surface area contributed by atoms with Crippen molar-refractivity contribution in [3.05, 3.63) is 29.8 Å². The fourth-order valence-electron chi connectivity index (χ4n) is 2.66. The van der Waals surface area contributed by atoms with Gasteiger partial charge in [-0.05, 0) is 12.5 Å². The summed E-state index contributed by atoms with van der Waals surface area (Å²) in [7, 11) is 0. The van der Waals surface area contributed by atoms with E-state index in [9.17, 15) is 9.59 Å². The predicted molar refractivity (Wildman–Crippen MR) is 86.3 cm³/mol. The molecule has 2 rings (SSSR count). The maximum Gasteiger partial charge on any atom is 0.305 e. The summed E-state index contributed by atoms with van der Waals surface area (Å²) in [4.78, 5) is 24.9. The lowest BCUT2D eigenvalue weighted by Crippen LogP contribution is -2.55. The Hall–Kier alpha value is -2.08. The third kappa shape index (κ3) is 4.96. The van der Waals surface area contributed by atoms with Gasteiger partial charge in [-0.25, -0.2) is 0 Å². The van der Waals surface area contributed by atoms with Gasteiger partial charge < -0.3 is 15.2 Å². The van der Waals surface area contributed by atoms with E-state index in [0.29, 0.717) is 26.2 Å². The minimum atomic E-state index is -0.968. The molecule has 1 atom stereocenters. The maximum atomic E-state index is 12.0. The van der Waals surface area contributed by atoms with Crippen LogP contribution in [0.15, 0.2) is 24.3 Å². The van der Waals surface area contributed by atoms with Crippen molar-refractivity contribution in [2.75, 3.05) is 19.7 Å². The molecule has 1 saturated heterocycles. The van der Waals surface area contributed by atoms with Crippen molar-refractivity contribution in [2.45, 2.75) is 38.8 Å². The molecule has 1 fully saturated rings. The molecule has 6 nitrogen and oxygen atoms in total. The molecule has 0 spiro atoms. The number of nitrogens with one attached hydrogen (secondary N) is 1. The van der Waals surface area contributed by atoms with Crippen LogP contribution in [-0.4, -0.2) is 47.6 Å². The molecular formula is C17H24N2O4. The average Bonchev–Trinajstić information content (AvgIpc) is 2.52. The summed E-state index contributed by atoms with van der Waals surface area (Å²) >= 11 is 0. The van der Waals surface area contributed by atoms with E-state index in [1.165, 1.54) is 0 Å². The van der Waals surface area contributed by atoms with Crippen LogP contribution in [0, 0.1) is 0 Å². The SMILES string of the molecule is CCCCOc1ccccc1CN1CCNC(=O)C1CC(=O)O. The number of para-hydroxylation sites is 1. The summed E-state index contributed by atoms with van der Waals surface area (Å²) < 4.78 is 5.82. The molecule has 6 heteroatoms. The number of carbonyl (C=O) groups is 2. The van der Waals surface area contributed by atoms with E-state index >= 15 is 0 Å². The molecule has 1 heterocycles. The fourth-order valence-corrected chi connectivity index (χ4v) is 2.66. The van der Waals surface area contributed by atoms with Crippen molar-refractivity contribution in [3.8, 4) is 5.75 Å². The van der Waals surface area contributed by atoms with Gasteiger partial charge >= 0.3 is 5.97 Å². The number of carboxylic acids is 1. The van der Waals surface area contributed by atoms with Gasteiger partial charge in [0.15, 0.2) is 0 Å². The molecule has 1 aromatic rings. The number of nitrogens with zero attached hydrogens (tertiary/aromatic N) is 1. The summed E-state index contributed by atoms with van der Waals surface area (Å²) in [5.41, 5.74) is 0.980. The topological polar surface area (TPSA) is 78.9 Å². The highest BCUT2D eigenvalue weighted by molar-refractivity contribution is 5.86. The summed E-state index contributed by atoms with van der Waals surface area (Å²) in [5, 5.41) is 11.8. The largest absolute Gasteiger partial charge is 0.493 e. The van der Waals surface area contributed by atoms with Crippen molar-refractivity contribution in [2.24, 2.45) is 0 Å². The van der Waals surface area contributed by atoms with E-state index in [0.717, 1.165) is 24.2 Å². The van der Waals surface area contributed by atoms with Gasteiger partial charge in [0.25, 0.3) is 0 Å². The number of amides is 1. The smallest absolute Gasteiger partial charge is 0.305 e. The maximum absolute atomic E-state index is 12.0. The van der Waals surface area contributed by atoms with E-state index in [1.54, 1.807) is 0 Å². The summed E-state index contributed by atoms with van der Waals surface area (Å²) in [6.45, 7) is 4.44. The average molecular weight is 320 g/mol. The molecule has 23 heavy (non-hydrogen) atoms. The zero-order chi connectivity index (χ0) is 16.7. The van der Waals surface area contributed by atoms with Gasteiger partial charge in [-0.3, -0.25) is 14.5 Å². The van der Waals surface area contributed by atoms with Crippen molar-refractivity contribution >= 4 is 11.9 Å². The van der Waals surface area contributed by atoms with E-state index in [1.807, 2.05) is 29.2 Å². The third-order valence-corrected chi connectivity index (χ3v) is 3.91. The first-order chi connectivity index (χ1) is 11.1. The second kappa shape index (κ2) is 8.53. The van der Waals surface area contributed by atoms with Crippen LogP contribution in [0.1, 0.15) is 31.7 Å². The first kappa shape index (κ1) is 17.3. The zero-order valence-corrected chi connectivity index (χ0v) is 13.5. The van der Waals surface area contributed by atoms with Gasteiger partial charge in [0.05, 0.1) is 13.0 Å². The number of benzene rings is 1. The van der Waals surface area contributed by atoms with Gasteiger partial charge in [-0.1, -0.05) is 31.5 Å². The van der Waals surface area contributed by atoms with Crippen LogP contribution in [-0.2, 0) is 16.1 Å². The minimum absolute atomic E-state index is 0.190. The van der Waals surface area contributed by atoms with E-state index < -0.39 is 12.0 Å². The van der Waals surface area contributed by atoms with Crippen LogP contribution in [0.25, 0.3) is 0 Å². The molecule has 0 radical (unpaired) electrons. The second-order valence-corrected chi connectivity index (χ2v) is 5.68. The van der Waals surface area contributed by atoms with Crippen molar-refractivity contribution < 1.29 is 19.4 Å². The van der Waals surface area contributed by atoms with Gasteiger partial charge in [0, 0.05) is 25.2 Å². The number of unbranched alkanes of at least 4 members (excludes halogenated alkanes) is 1. The molecule has 2 N–H and O–H groups in total. The van der Waals surface area contributed by atoms with E-state index in [4.69, 9.17) is 9.84 Å². The normalized spacial score (nSPS) is 18.5. The number of carbonyl (C=O) groups excluding carboxylic acids is 1. The highest BCUT2D eigenvalue weighted by Gasteiger charge is 2.31. The Balaban J connectivity index is 2.09. The Morgan fingerprint density at radius 3 is 2.96 bits per heavy atom. The first-order valence-electron chi connectivity index (χ1n) is 8.06. The van der Waals surface area contributed by atoms with Crippen LogP contribution in [0.3, 0.4) is 0 Å². The van der Waals surface area contributed by atoms with Gasteiger partial charge in [0.1, 0.15) is 11.8 Å². The number of hydrogen-bond donors (Lipinski definition) is 2. The minimum Gasteiger partial charge on any atom is -0.493 e. The second-order valence-electron chi connectivity index (χ2n) is 5.68. The Labute approximate surface area is 136 Å². The molecule has 0 aliphatic carbocycles. The summed E-state index contributed by atoms with van der Waals surface area (Å²) in [6.07, 6.45) is 1.86. The number of aliphatic carboxylic acids is 1. The highest BCUT2D eigenvalue weighted by atomic mass is 16.5. The Kier molecular flexibility index (Phi) is 6.40. The van der Waals surface area contributed by atoms with Crippen LogP contribution in [0.4, 0.5) is 0 Å². The van der Waals surface area contributed by atoms with E-state index in [-0.39, 0.29) is 12.3 Å². The quantitative estimate of drug-likeness (QED) is 0.712. The van der Waals surface area contributed by atoms with Crippen molar-refractivity contribution in [1.29, 1.82) is 0 Å². The lowest BCUT2D eigenvalue weighted by Gasteiger charge is -2.34. The Morgan fingerprint density at radius 2 is 2.22 bits per heavy atom. The molecule has 1 aromatic carbocycles. The lowest BCUT2D eigenvalue weighted by atomic mass is 10.1. The number of carboxylic acid groups (broad SMARTS) is 1. The lowest BCUT2D eigenvalue weighted by molar-refractivity contribution is -0.143. The molecule has 1 aliphatic heterocycles. The monoisotopic (exact) mass is 320 g/mol. The Bertz CT molecular complexity index is 547. The van der Waals surface area contributed by atoms with Gasteiger partial charge in [-0.2, -0.15) is 0 Å². The molecule has 0 bridgehead atoms. The number of piperazine rings is 1. The third-order valence-electron chi connectivity index (χ3n) is 3.91. The van der Waals surface area contributed by atoms with Crippen molar-refractivity contribution in [3.63, 3.8) is 0 Å². The van der Waals surface area contributed by atoms with Crippen LogP contribution in [0.2, 0.25) is 0 Å². The number of ether oxygens (including phenoxy) is 1. The van der Waals surface area contributed by atoms with Gasteiger partial charge in [0.2, 0.25) is 5.91 Å². The highest BCUT2D eigenvalue weighted by Crippen LogP contribution is 2.22. The summed E-state index contributed by atoms with van der Waals surface area (Å²) in [5.74, 6) is -0.381. The molecule has 0 aromatic heterocycles. The van der Waals surface area contributed by atoms with Crippen LogP contribution < -0.4 is 10.1 Å². The molecule has 1 amide bonds. The molecule has 1 aliphatic rings. The molecule has 126 valence electrons. The fraction of sp³-hybridized carbons (Fsp3) is 0.529. The first-order valence-corrected chi connectivity index (χ1v) is 8.06. The predicted octanol–water partition coefficient (Wildman–Crippen LogP) is 1.64. The summed E-state index contributed by atoms with van der Waals surface area (Å²) in [6, 6.07) is 7.10. The van der Waals surface area contributed by atoms with Crippen LogP contribution in [0.5, 0.6) is 5.75 Å². The van der Waals surface area contributed by atoms with E-state index in [2.05, 4.69) is 12.2 Å². The Morgan fingerprint density at radius 1 is 1.43 bits per heavy atom. The molecular weight excluding hydrogens is 296 g/mol. The zero-order valence-electron chi connectivity index (χ0n) is 13.5.